The molecule has 0 saturated carbocycles. The lowest BCUT2D eigenvalue weighted by atomic mass is 9.87. The maximum absolute atomic E-state index is 5.91. The Hall–Kier alpha value is -1.94. The number of rotatable bonds is 3. The van der Waals surface area contributed by atoms with Crippen molar-refractivity contribution in [2.75, 3.05) is 0 Å². The van der Waals surface area contributed by atoms with E-state index in [9.17, 15) is 0 Å². The van der Waals surface area contributed by atoms with E-state index in [2.05, 4.69) is 70.9 Å². The highest BCUT2D eigenvalue weighted by Crippen LogP contribution is 2.26. The second kappa shape index (κ2) is 6.28. The molecule has 0 N–H and O–H groups in total. The van der Waals surface area contributed by atoms with Crippen LogP contribution in [0, 0.1) is 0 Å². The van der Waals surface area contributed by atoms with Crippen LogP contribution in [0.1, 0.15) is 31.9 Å². The molecule has 0 radical (unpaired) electrons. The topological polar surface area (TPSA) is 35.0 Å². The number of fused-ring (bicyclic) bond motifs is 1. The number of nitrogens with zero attached hydrogens (tertiary/aromatic N) is 2. The van der Waals surface area contributed by atoms with Crippen molar-refractivity contribution in [3.63, 3.8) is 0 Å². The molecule has 4 heteroatoms. The fourth-order valence-corrected chi connectivity index (χ4v) is 2.73. The molecule has 1 aromatic heterocycles. The van der Waals surface area contributed by atoms with Gasteiger partial charge < -0.3 is 4.74 Å². The normalized spacial score (nSPS) is 11.7. The van der Waals surface area contributed by atoms with Crippen molar-refractivity contribution in [1.29, 1.82) is 0 Å². The van der Waals surface area contributed by atoms with E-state index >= 15 is 0 Å². The molecule has 0 amide bonds. The molecular weight excluding hydrogens is 352 g/mol. The summed E-state index contributed by atoms with van der Waals surface area (Å²) in [5.41, 5.74) is 3.48. The molecule has 0 bridgehead atoms. The molecule has 23 heavy (non-hydrogen) atoms. The minimum atomic E-state index is 0.161. The first-order valence-electron chi connectivity index (χ1n) is 7.56. The highest BCUT2D eigenvalue weighted by Gasteiger charge is 2.13. The number of aromatic nitrogens is 2. The van der Waals surface area contributed by atoms with Gasteiger partial charge in [-0.3, -0.25) is 0 Å². The quantitative estimate of drug-likeness (QED) is 0.629. The maximum atomic E-state index is 5.91. The van der Waals surface area contributed by atoms with Crippen LogP contribution >= 0.6 is 15.9 Å². The molecule has 0 spiro atoms. The molecule has 0 fully saturated rings. The fraction of sp³-hybridized carbons (Fsp3) is 0.263. The van der Waals surface area contributed by atoms with Gasteiger partial charge in [-0.1, -0.05) is 61.0 Å². The van der Waals surface area contributed by atoms with Crippen LogP contribution in [-0.4, -0.2) is 9.97 Å². The number of halogens is 1. The molecule has 0 aliphatic carbocycles. The van der Waals surface area contributed by atoms with E-state index in [0.717, 1.165) is 20.9 Å². The molecule has 0 aliphatic heterocycles. The van der Waals surface area contributed by atoms with Gasteiger partial charge >= 0.3 is 0 Å². The van der Waals surface area contributed by atoms with Crippen LogP contribution in [-0.2, 0) is 12.0 Å². The summed E-state index contributed by atoms with van der Waals surface area (Å²) in [7, 11) is 0. The van der Waals surface area contributed by atoms with E-state index in [4.69, 9.17) is 4.74 Å². The summed E-state index contributed by atoms with van der Waals surface area (Å²) in [5, 5.41) is 0.910. The van der Waals surface area contributed by atoms with Crippen molar-refractivity contribution in [3.05, 3.63) is 64.4 Å². The molecular formula is C19H19BrN2O. The van der Waals surface area contributed by atoms with Gasteiger partial charge in [-0.2, -0.15) is 0 Å². The molecule has 1 heterocycles. The van der Waals surface area contributed by atoms with Crippen molar-refractivity contribution in [2.45, 2.75) is 32.8 Å². The SMILES string of the molecule is CC(C)(C)c1ccc(COc2ncnc3ccc(Br)cc23)cc1. The van der Waals surface area contributed by atoms with Gasteiger partial charge in [-0.15, -0.1) is 0 Å². The highest BCUT2D eigenvalue weighted by molar-refractivity contribution is 9.10. The van der Waals surface area contributed by atoms with Gasteiger partial charge in [0.2, 0.25) is 5.88 Å². The number of ether oxygens (including phenoxy) is 1. The van der Waals surface area contributed by atoms with Crippen molar-refractivity contribution in [1.82, 2.24) is 9.97 Å². The third kappa shape index (κ3) is 3.70. The second-order valence-electron chi connectivity index (χ2n) is 6.58. The van der Waals surface area contributed by atoms with Gasteiger partial charge in [0.15, 0.2) is 0 Å². The summed E-state index contributed by atoms with van der Waals surface area (Å²) in [4.78, 5) is 8.53. The van der Waals surface area contributed by atoms with Gasteiger partial charge in [0.05, 0.1) is 10.9 Å². The Kier molecular flexibility index (Phi) is 4.35. The van der Waals surface area contributed by atoms with E-state index in [1.165, 1.54) is 11.9 Å². The molecule has 0 atom stereocenters. The van der Waals surface area contributed by atoms with Crippen molar-refractivity contribution in [3.8, 4) is 5.88 Å². The average Bonchev–Trinajstić information content (AvgIpc) is 2.52. The first kappa shape index (κ1) is 15.9. The predicted octanol–water partition coefficient (Wildman–Crippen LogP) is 5.27. The Bertz CT molecular complexity index is 823. The van der Waals surface area contributed by atoms with Crippen molar-refractivity contribution in [2.24, 2.45) is 0 Å². The first-order chi connectivity index (χ1) is 10.9. The number of hydrogen-bond acceptors (Lipinski definition) is 3. The predicted molar refractivity (Wildman–Crippen MR) is 96.7 cm³/mol. The van der Waals surface area contributed by atoms with Gasteiger partial charge in [0, 0.05) is 4.47 Å². The summed E-state index contributed by atoms with van der Waals surface area (Å²) < 4.78 is 6.90. The molecule has 2 aromatic carbocycles. The molecule has 0 aliphatic rings. The van der Waals surface area contributed by atoms with E-state index in [0.29, 0.717) is 12.5 Å². The maximum Gasteiger partial charge on any atom is 0.224 e. The van der Waals surface area contributed by atoms with Crippen LogP contribution in [0.3, 0.4) is 0 Å². The lowest BCUT2D eigenvalue weighted by Crippen LogP contribution is -2.10. The standard InChI is InChI=1S/C19H19BrN2O/c1-19(2,3)14-6-4-13(5-7-14)11-23-18-16-10-15(20)8-9-17(16)21-12-22-18/h4-10,12H,11H2,1-3H3. The zero-order chi connectivity index (χ0) is 16.4. The molecule has 3 rings (SSSR count). The summed E-state index contributed by atoms with van der Waals surface area (Å²) >= 11 is 3.48. The molecule has 118 valence electrons. The largest absolute Gasteiger partial charge is 0.472 e. The molecule has 3 nitrogen and oxygen atoms in total. The zero-order valence-electron chi connectivity index (χ0n) is 13.5. The Labute approximate surface area is 144 Å². The van der Waals surface area contributed by atoms with E-state index in [1.807, 2.05) is 18.2 Å². The van der Waals surface area contributed by atoms with Gasteiger partial charge in [-0.05, 0) is 34.7 Å². The van der Waals surface area contributed by atoms with Crippen LogP contribution in [0.15, 0.2) is 53.3 Å². The van der Waals surface area contributed by atoms with Crippen molar-refractivity contribution < 1.29 is 4.74 Å². The van der Waals surface area contributed by atoms with Gasteiger partial charge in [-0.25, -0.2) is 9.97 Å². The fourth-order valence-electron chi connectivity index (χ4n) is 2.37. The monoisotopic (exact) mass is 370 g/mol. The summed E-state index contributed by atoms with van der Waals surface area (Å²) in [6, 6.07) is 14.4. The highest BCUT2D eigenvalue weighted by atomic mass is 79.9. The second-order valence-corrected chi connectivity index (χ2v) is 7.49. The Morgan fingerprint density at radius 3 is 2.43 bits per heavy atom. The third-order valence-corrected chi connectivity index (χ3v) is 4.25. The van der Waals surface area contributed by atoms with Crippen LogP contribution in [0.4, 0.5) is 0 Å². The van der Waals surface area contributed by atoms with Crippen LogP contribution in [0.2, 0.25) is 0 Å². The zero-order valence-corrected chi connectivity index (χ0v) is 15.1. The Morgan fingerprint density at radius 1 is 1.00 bits per heavy atom. The Balaban J connectivity index is 1.80. The van der Waals surface area contributed by atoms with E-state index < -0.39 is 0 Å². The number of hydrogen-bond donors (Lipinski definition) is 0. The van der Waals surface area contributed by atoms with Crippen LogP contribution < -0.4 is 4.74 Å². The van der Waals surface area contributed by atoms with E-state index in [-0.39, 0.29) is 5.41 Å². The summed E-state index contributed by atoms with van der Waals surface area (Å²) in [6.45, 7) is 7.12. The van der Waals surface area contributed by atoms with Gasteiger partial charge in [0.25, 0.3) is 0 Å². The van der Waals surface area contributed by atoms with Gasteiger partial charge in [0.1, 0.15) is 12.9 Å². The molecule has 0 saturated heterocycles. The third-order valence-electron chi connectivity index (χ3n) is 3.76. The Morgan fingerprint density at radius 2 is 1.74 bits per heavy atom. The molecule has 3 aromatic rings. The lowest BCUT2D eigenvalue weighted by molar-refractivity contribution is 0.297. The minimum Gasteiger partial charge on any atom is -0.472 e. The van der Waals surface area contributed by atoms with Crippen LogP contribution in [0.5, 0.6) is 5.88 Å². The summed E-state index contributed by atoms with van der Waals surface area (Å²) in [6.07, 6.45) is 1.54. The lowest BCUT2D eigenvalue weighted by Gasteiger charge is -2.19. The average molecular weight is 371 g/mol. The minimum absolute atomic E-state index is 0.161. The first-order valence-corrected chi connectivity index (χ1v) is 8.35. The van der Waals surface area contributed by atoms with Crippen LogP contribution in [0.25, 0.3) is 10.9 Å². The molecule has 0 unspecified atom stereocenters. The van der Waals surface area contributed by atoms with Crippen molar-refractivity contribution >= 4 is 26.8 Å². The summed E-state index contributed by atoms with van der Waals surface area (Å²) in [5.74, 6) is 0.608. The smallest absolute Gasteiger partial charge is 0.224 e. The van der Waals surface area contributed by atoms with E-state index in [1.54, 1.807) is 0 Å². The number of benzene rings is 2.